The fourth-order valence-electron chi connectivity index (χ4n) is 3.69. The molecule has 3 rings (SSSR count). The molecule has 1 aromatic rings. The number of hydrazine groups is 1. The maximum Gasteiger partial charge on any atom is 0.138 e. The van der Waals surface area contributed by atoms with E-state index >= 15 is 0 Å². The molecule has 1 heterocycles. The highest BCUT2D eigenvalue weighted by atomic mass is 15.3. The van der Waals surface area contributed by atoms with Gasteiger partial charge in [0.15, 0.2) is 0 Å². The second-order valence-corrected chi connectivity index (χ2v) is 5.31. The predicted molar refractivity (Wildman–Crippen MR) is 64.8 cm³/mol. The average molecular weight is 235 g/mol. The molecule has 1 aromatic heterocycles. The maximum absolute atomic E-state index is 5.72. The van der Waals surface area contributed by atoms with Crippen LogP contribution in [0.2, 0.25) is 0 Å². The third kappa shape index (κ3) is 1.87. The first-order chi connectivity index (χ1) is 8.35. The molecular weight excluding hydrogens is 214 g/mol. The minimum atomic E-state index is 0.375. The molecule has 0 spiro atoms. The minimum Gasteiger partial charge on any atom is -0.271 e. The summed E-state index contributed by atoms with van der Waals surface area (Å²) in [6, 6.07) is 0.375. The largest absolute Gasteiger partial charge is 0.271 e. The Morgan fingerprint density at radius 1 is 1.53 bits per heavy atom. The molecule has 3 N–H and O–H groups in total. The molecule has 94 valence electrons. The van der Waals surface area contributed by atoms with E-state index in [9.17, 15) is 0 Å². The van der Waals surface area contributed by atoms with Gasteiger partial charge in [-0.1, -0.05) is 6.42 Å². The van der Waals surface area contributed by atoms with Crippen molar-refractivity contribution < 1.29 is 0 Å². The van der Waals surface area contributed by atoms with E-state index in [0.29, 0.717) is 6.04 Å². The summed E-state index contributed by atoms with van der Waals surface area (Å²) < 4.78 is 1.96. The number of nitrogens with two attached hydrogens (primary N) is 1. The van der Waals surface area contributed by atoms with E-state index in [1.54, 1.807) is 6.33 Å². The summed E-state index contributed by atoms with van der Waals surface area (Å²) in [4.78, 5) is 4.34. The molecular formula is C12H21N5. The normalized spacial score (nSPS) is 32.5. The van der Waals surface area contributed by atoms with Crippen LogP contribution in [0.3, 0.4) is 0 Å². The second-order valence-electron chi connectivity index (χ2n) is 5.31. The zero-order valence-corrected chi connectivity index (χ0v) is 10.3. The molecule has 0 aromatic carbocycles. The molecule has 2 saturated carbocycles. The highest BCUT2D eigenvalue weighted by Crippen LogP contribution is 2.59. The van der Waals surface area contributed by atoms with Crippen molar-refractivity contribution in [2.24, 2.45) is 23.6 Å². The topological polar surface area (TPSA) is 68.8 Å². The number of fused-ring (bicyclic) bond motifs is 1. The van der Waals surface area contributed by atoms with E-state index in [-0.39, 0.29) is 0 Å². The van der Waals surface area contributed by atoms with E-state index < -0.39 is 0 Å². The molecule has 0 saturated heterocycles. The van der Waals surface area contributed by atoms with Gasteiger partial charge in [0.25, 0.3) is 0 Å². The van der Waals surface area contributed by atoms with Crippen LogP contribution in [0.4, 0.5) is 0 Å². The lowest BCUT2D eigenvalue weighted by molar-refractivity contribution is 0.397. The van der Waals surface area contributed by atoms with Crippen molar-refractivity contribution in [3.05, 3.63) is 12.2 Å². The minimum absolute atomic E-state index is 0.375. The maximum atomic E-state index is 5.72. The first kappa shape index (κ1) is 11.2. The zero-order valence-electron chi connectivity index (χ0n) is 10.3. The molecule has 0 amide bonds. The standard InChI is InChI=1S/C12H21N5/c1-2-17-11(14-7-15-17)6-10(16-13)12-8-4-3-5-9(8)12/h7-10,12,16H,2-6,13H2,1H3. The van der Waals surface area contributed by atoms with E-state index in [2.05, 4.69) is 22.4 Å². The Balaban J connectivity index is 1.66. The Labute approximate surface area is 102 Å². The van der Waals surface area contributed by atoms with Crippen LogP contribution in [-0.2, 0) is 13.0 Å². The first-order valence-corrected chi connectivity index (χ1v) is 6.68. The first-order valence-electron chi connectivity index (χ1n) is 6.68. The van der Waals surface area contributed by atoms with Gasteiger partial charge in [0.2, 0.25) is 0 Å². The van der Waals surface area contributed by atoms with Gasteiger partial charge in [-0.25, -0.2) is 4.98 Å². The van der Waals surface area contributed by atoms with Crippen LogP contribution < -0.4 is 11.3 Å². The summed E-state index contributed by atoms with van der Waals surface area (Å²) in [7, 11) is 0. The van der Waals surface area contributed by atoms with Crippen LogP contribution in [0.5, 0.6) is 0 Å². The van der Waals surface area contributed by atoms with Crippen LogP contribution in [0.1, 0.15) is 32.0 Å². The van der Waals surface area contributed by atoms with E-state index in [1.807, 2.05) is 4.68 Å². The lowest BCUT2D eigenvalue weighted by atomic mass is 10.0. The second kappa shape index (κ2) is 4.38. The van der Waals surface area contributed by atoms with E-state index in [4.69, 9.17) is 5.84 Å². The number of hydrogen-bond donors (Lipinski definition) is 2. The van der Waals surface area contributed by atoms with Gasteiger partial charge in [-0.05, 0) is 37.5 Å². The molecule has 5 nitrogen and oxygen atoms in total. The van der Waals surface area contributed by atoms with Crippen molar-refractivity contribution in [2.75, 3.05) is 0 Å². The van der Waals surface area contributed by atoms with Gasteiger partial charge in [-0.2, -0.15) is 5.10 Å². The molecule has 17 heavy (non-hydrogen) atoms. The zero-order chi connectivity index (χ0) is 11.8. The predicted octanol–water partition coefficient (Wildman–Crippen LogP) is 0.718. The summed E-state index contributed by atoms with van der Waals surface area (Å²) in [6.07, 6.45) is 6.75. The monoisotopic (exact) mass is 235 g/mol. The van der Waals surface area contributed by atoms with Gasteiger partial charge < -0.3 is 0 Å². The number of nitrogens with zero attached hydrogens (tertiary/aromatic N) is 3. The fraction of sp³-hybridized carbons (Fsp3) is 0.833. The van der Waals surface area contributed by atoms with Gasteiger partial charge in [0, 0.05) is 19.0 Å². The van der Waals surface area contributed by atoms with Crippen molar-refractivity contribution in [3.63, 3.8) is 0 Å². The Hall–Kier alpha value is -0.940. The third-order valence-electron chi connectivity index (χ3n) is 4.55. The van der Waals surface area contributed by atoms with E-state index in [1.165, 1.54) is 19.3 Å². The molecule has 2 aliphatic rings. The molecule has 0 bridgehead atoms. The van der Waals surface area contributed by atoms with Crippen molar-refractivity contribution in [2.45, 2.75) is 45.2 Å². The Morgan fingerprint density at radius 2 is 2.29 bits per heavy atom. The number of nitrogens with one attached hydrogen (secondary N) is 1. The lowest BCUT2D eigenvalue weighted by Crippen LogP contribution is -2.40. The van der Waals surface area contributed by atoms with Crippen molar-refractivity contribution in [1.82, 2.24) is 20.2 Å². The smallest absolute Gasteiger partial charge is 0.138 e. The summed E-state index contributed by atoms with van der Waals surface area (Å²) in [5, 5.41) is 4.21. The van der Waals surface area contributed by atoms with Gasteiger partial charge in [-0.15, -0.1) is 0 Å². The van der Waals surface area contributed by atoms with Crippen LogP contribution in [0.15, 0.2) is 6.33 Å². The fourth-order valence-corrected chi connectivity index (χ4v) is 3.69. The van der Waals surface area contributed by atoms with E-state index in [0.717, 1.165) is 36.5 Å². The summed E-state index contributed by atoms with van der Waals surface area (Å²) in [5.41, 5.74) is 3.00. The molecule has 5 heteroatoms. The quantitative estimate of drug-likeness (QED) is 0.583. The Morgan fingerprint density at radius 3 is 2.94 bits per heavy atom. The average Bonchev–Trinajstić information content (AvgIpc) is 2.77. The number of hydrogen-bond acceptors (Lipinski definition) is 4. The molecule has 2 aliphatic carbocycles. The third-order valence-corrected chi connectivity index (χ3v) is 4.55. The molecule has 3 atom stereocenters. The van der Waals surface area contributed by atoms with Gasteiger partial charge in [0.1, 0.15) is 12.2 Å². The Bertz CT molecular complexity index is 378. The number of aromatic nitrogens is 3. The highest BCUT2D eigenvalue weighted by Gasteiger charge is 2.55. The lowest BCUT2D eigenvalue weighted by Gasteiger charge is -2.17. The van der Waals surface area contributed by atoms with Gasteiger partial charge >= 0.3 is 0 Å². The number of aryl methyl sites for hydroxylation is 1. The van der Waals surface area contributed by atoms with Gasteiger partial charge in [0.05, 0.1) is 0 Å². The van der Waals surface area contributed by atoms with Crippen LogP contribution >= 0.6 is 0 Å². The van der Waals surface area contributed by atoms with Crippen LogP contribution in [-0.4, -0.2) is 20.8 Å². The summed E-state index contributed by atoms with van der Waals surface area (Å²) in [5.74, 6) is 9.40. The van der Waals surface area contributed by atoms with Crippen molar-refractivity contribution in [1.29, 1.82) is 0 Å². The van der Waals surface area contributed by atoms with Crippen molar-refractivity contribution >= 4 is 0 Å². The summed E-state index contributed by atoms with van der Waals surface area (Å²) >= 11 is 0. The molecule has 2 fully saturated rings. The van der Waals surface area contributed by atoms with Crippen molar-refractivity contribution in [3.8, 4) is 0 Å². The molecule has 3 unspecified atom stereocenters. The molecule has 0 aliphatic heterocycles. The molecule has 0 radical (unpaired) electrons. The SMILES string of the molecule is CCn1ncnc1CC(NN)C1C2CCCC21. The summed E-state index contributed by atoms with van der Waals surface area (Å²) in [6.45, 7) is 2.97. The highest BCUT2D eigenvalue weighted by molar-refractivity contribution is 5.08. The number of rotatable bonds is 5. The van der Waals surface area contributed by atoms with Crippen LogP contribution in [0.25, 0.3) is 0 Å². The van der Waals surface area contributed by atoms with Crippen LogP contribution in [0, 0.1) is 17.8 Å². The Kier molecular flexibility index (Phi) is 2.88. The van der Waals surface area contributed by atoms with Gasteiger partial charge in [-0.3, -0.25) is 16.0 Å².